The van der Waals surface area contributed by atoms with E-state index in [4.69, 9.17) is 9.51 Å². The van der Waals surface area contributed by atoms with Gasteiger partial charge in [-0.3, -0.25) is 9.59 Å². The summed E-state index contributed by atoms with van der Waals surface area (Å²) in [6.07, 6.45) is 10.4. The third kappa shape index (κ3) is 4.27. The number of aromatic amines is 1. The summed E-state index contributed by atoms with van der Waals surface area (Å²) in [5, 5.41) is 5.28. The zero-order valence-electron chi connectivity index (χ0n) is 24.9. The number of anilines is 1. The summed E-state index contributed by atoms with van der Waals surface area (Å²) < 4.78 is 20.3. The van der Waals surface area contributed by atoms with Crippen molar-refractivity contribution in [1.29, 1.82) is 0 Å². The highest BCUT2D eigenvalue weighted by molar-refractivity contribution is 5.95. The Morgan fingerprint density at radius 1 is 0.932 bits per heavy atom. The molecule has 4 aromatic rings. The number of hydrogen-bond acceptors (Lipinski definition) is 5. The highest BCUT2D eigenvalue weighted by Gasteiger charge is 2.69. The number of halogens is 1. The molecule has 0 saturated heterocycles. The first-order chi connectivity index (χ1) is 21.2. The summed E-state index contributed by atoms with van der Waals surface area (Å²) >= 11 is 0. The summed E-state index contributed by atoms with van der Waals surface area (Å²) in [4.78, 5) is 35.7. The van der Waals surface area contributed by atoms with E-state index in [1.54, 1.807) is 6.07 Å². The lowest BCUT2D eigenvalue weighted by atomic mass is 9.41. The number of aromatic nitrogens is 3. The van der Waals surface area contributed by atoms with Crippen LogP contribution in [-0.2, 0) is 10.2 Å². The molecule has 2 aromatic carbocycles. The average Bonchev–Trinajstić information content (AvgIpc) is 3.74. The summed E-state index contributed by atoms with van der Waals surface area (Å²) in [5.74, 6) is 2.31. The van der Waals surface area contributed by atoms with Gasteiger partial charge in [0.15, 0.2) is 5.82 Å². The van der Waals surface area contributed by atoms with Crippen molar-refractivity contribution in [3.8, 4) is 11.1 Å². The third-order valence-electron chi connectivity index (χ3n) is 11.9. The van der Waals surface area contributed by atoms with Crippen LogP contribution in [0.15, 0.2) is 63.9 Å². The van der Waals surface area contributed by atoms with Gasteiger partial charge in [0, 0.05) is 41.6 Å². The summed E-state index contributed by atoms with van der Waals surface area (Å²) in [6.45, 7) is 0.679. The fourth-order valence-corrected chi connectivity index (χ4v) is 9.09. The van der Waals surface area contributed by atoms with Crippen LogP contribution in [0, 0.1) is 10.8 Å². The fraction of sp³-hybridized carbons (Fsp3) is 0.500. The van der Waals surface area contributed by atoms with Crippen molar-refractivity contribution in [3.05, 3.63) is 76.7 Å². The maximum atomic E-state index is 14.4. The van der Waals surface area contributed by atoms with Gasteiger partial charge in [-0.1, -0.05) is 23.4 Å². The van der Waals surface area contributed by atoms with Crippen LogP contribution in [0.4, 0.5) is 10.1 Å². The minimum Gasteiger partial charge on any atom is -0.339 e. The van der Waals surface area contributed by atoms with Crippen LogP contribution < -0.4 is 10.5 Å². The van der Waals surface area contributed by atoms with Gasteiger partial charge in [0.2, 0.25) is 17.4 Å². The van der Waals surface area contributed by atoms with E-state index in [-0.39, 0.29) is 27.7 Å². The Labute approximate surface area is 255 Å². The van der Waals surface area contributed by atoms with Gasteiger partial charge in [-0.2, -0.15) is 4.98 Å². The first-order valence-corrected chi connectivity index (χ1v) is 16.3. The summed E-state index contributed by atoms with van der Waals surface area (Å²) in [6, 6.07) is 17.7. The van der Waals surface area contributed by atoms with Crippen molar-refractivity contribution >= 4 is 22.5 Å². The van der Waals surface area contributed by atoms with E-state index >= 15 is 0 Å². The number of rotatable bonds is 8. The lowest BCUT2D eigenvalue weighted by molar-refractivity contribution is -0.215. The van der Waals surface area contributed by atoms with Crippen molar-refractivity contribution in [3.63, 3.8) is 0 Å². The predicted octanol–water partition coefficient (Wildman–Crippen LogP) is 7.36. The number of pyridine rings is 1. The quantitative estimate of drug-likeness (QED) is 0.231. The topological polar surface area (TPSA) is 92.1 Å². The van der Waals surface area contributed by atoms with Crippen LogP contribution >= 0.6 is 0 Å². The van der Waals surface area contributed by atoms with E-state index in [0.717, 1.165) is 90.8 Å². The van der Waals surface area contributed by atoms with Crippen LogP contribution in [0.5, 0.6) is 0 Å². The second-order valence-electron chi connectivity index (χ2n) is 15.0. The zero-order valence-corrected chi connectivity index (χ0v) is 24.9. The molecule has 0 spiro atoms. The van der Waals surface area contributed by atoms with Crippen molar-refractivity contribution < 1.29 is 13.7 Å². The SMILES string of the molecule is O=C(CC12CC(F)(C1)C2)N(CC12CCC(c3nc(C4CC4)no3)(CC1)CC2)c1cccc(-c2ccc3[nH]c(=O)ccc3c2)c1. The molecule has 1 amide bonds. The Morgan fingerprint density at radius 3 is 2.41 bits per heavy atom. The van der Waals surface area contributed by atoms with E-state index < -0.39 is 5.67 Å². The average molecular weight is 593 g/mol. The van der Waals surface area contributed by atoms with Crippen LogP contribution in [0.1, 0.15) is 94.7 Å². The number of nitrogens with one attached hydrogen (secondary N) is 1. The maximum absolute atomic E-state index is 14.4. The standard InChI is InChI=1S/C36H37FN4O3/c37-36-19-34(20-36,21-36)18-30(43)41(27-3-1-2-24(17-27)25-6-8-28-26(16-25)7-9-29(42)38-28)22-33-10-13-35(14-11-33,15-12-33)32-39-31(40-44-32)23-4-5-23/h1-3,6-9,16-17,23H,4-5,10-15,18-22H2,(H,38,42). The first-order valence-electron chi connectivity index (χ1n) is 16.3. The minimum atomic E-state index is -1.02. The normalized spacial score (nSPS) is 31.8. The summed E-state index contributed by atoms with van der Waals surface area (Å²) in [7, 11) is 0. The molecule has 0 aliphatic heterocycles. The largest absolute Gasteiger partial charge is 0.339 e. The van der Waals surface area contributed by atoms with Crippen molar-refractivity contribution in [2.24, 2.45) is 10.8 Å². The molecule has 1 N–H and O–H groups in total. The van der Waals surface area contributed by atoms with Crippen LogP contribution in [-0.4, -0.2) is 33.2 Å². The smallest absolute Gasteiger partial charge is 0.248 e. The van der Waals surface area contributed by atoms with E-state index in [2.05, 4.69) is 28.3 Å². The maximum Gasteiger partial charge on any atom is 0.248 e. The van der Waals surface area contributed by atoms with Gasteiger partial charge in [0.25, 0.3) is 0 Å². The summed E-state index contributed by atoms with van der Waals surface area (Å²) in [5.41, 5.74) is 2.47. The number of hydrogen-bond donors (Lipinski definition) is 1. The molecule has 7 aliphatic rings. The van der Waals surface area contributed by atoms with E-state index in [0.29, 0.717) is 38.1 Å². The van der Waals surface area contributed by atoms with Gasteiger partial charge in [-0.15, -0.1) is 0 Å². The molecular formula is C36H37FN4O3. The molecule has 0 atom stereocenters. The minimum absolute atomic E-state index is 0.0295. The molecular weight excluding hydrogens is 555 g/mol. The Morgan fingerprint density at radius 2 is 1.68 bits per heavy atom. The van der Waals surface area contributed by atoms with Gasteiger partial charge in [-0.25, -0.2) is 4.39 Å². The lowest BCUT2D eigenvalue weighted by Gasteiger charge is -2.66. The molecule has 44 heavy (non-hydrogen) atoms. The van der Waals surface area contributed by atoms with Crippen LogP contribution in [0.2, 0.25) is 0 Å². The van der Waals surface area contributed by atoms with Crippen LogP contribution in [0.3, 0.4) is 0 Å². The molecule has 7 aliphatic carbocycles. The van der Waals surface area contributed by atoms with E-state index in [9.17, 15) is 14.0 Å². The molecule has 0 unspecified atom stereocenters. The number of amides is 1. The molecule has 2 heterocycles. The molecule has 7 fully saturated rings. The Balaban J connectivity index is 1.00. The fourth-order valence-electron chi connectivity index (χ4n) is 9.09. The number of H-pyrrole nitrogens is 1. The highest BCUT2D eigenvalue weighted by Crippen LogP contribution is 2.71. The van der Waals surface area contributed by atoms with Gasteiger partial charge in [-0.05, 0) is 128 Å². The van der Waals surface area contributed by atoms with Crippen molar-refractivity contribution in [1.82, 2.24) is 15.1 Å². The Kier molecular flexibility index (Phi) is 5.51. The first kappa shape index (κ1) is 26.6. The second kappa shape index (κ2) is 9.11. The van der Waals surface area contributed by atoms with E-state index in [1.165, 1.54) is 0 Å². The zero-order chi connectivity index (χ0) is 29.7. The highest BCUT2D eigenvalue weighted by atomic mass is 19.1. The number of benzene rings is 2. The molecule has 7 saturated carbocycles. The molecule has 11 rings (SSSR count). The van der Waals surface area contributed by atoms with E-state index in [1.807, 2.05) is 35.2 Å². The number of nitrogens with zero attached hydrogens (tertiary/aromatic N) is 3. The van der Waals surface area contributed by atoms with Gasteiger partial charge in [0.1, 0.15) is 5.67 Å². The Bertz CT molecular complexity index is 1830. The molecule has 0 radical (unpaired) electrons. The number of carbonyl (C=O) groups is 1. The number of fused-ring (bicyclic) bond motifs is 4. The molecule has 226 valence electrons. The number of alkyl halides is 1. The van der Waals surface area contributed by atoms with Crippen molar-refractivity contribution in [2.75, 3.05) is 11.4 Å². The number of carbonyl (C=O) groups excluding carboxylic acids is 1. The van der Waals surface area contributed by atoms with Gasteiger partial charge in [0.05, 0.1) is 0 Å². The molecule has 7 nitrogen and oxygen atoms in total. The Hall–Kier alpha value is -3.81. The molecule has 4 bridgehead atoms. The second-order valence-corrected chi connectivity index (χ2v) is 15.0. The van der Waals surface area contributed by atoms with Gasteiger partial charge < -0.3 is 14.4 Å². The monoisotopic (exact) mass is 592 g/mol. The third-order valence-corrected chi connectivity index (χ3v) is 11.9. The predicted molar refractivity (Wildman–Crippen MR) is 165 cm³/mol. The van der Waals surface area contributed by atoms with Crippen LogP contribution in [0.25, 0.3) is 22.0 Å². The molecule has 8 heteroatoms. The lowest BCUT2D eigenvalue weighted by Crippen LogP contribution is -2.65. The van der Waals surface area contributed by atoms with Gasteiger partial charge >= 0.3 is 0 Å². The molecule has 2 aromatic heterocycles. The van der Waals surface area contributed by atoms with Crippen molar-refractivity contribution in [2.45, 2.75) is 94.1 Å².